The Morgan fingerprint density at radius 3 is 2.45 bits per heavy atom. The third-order valence-electron chi connectivity index (χ3n) is 2.74. The van der Waals surface area contributed by atoms with Crippen molar-refractivity contribution < 1.29 is 9.53 Å². The minimum absolute atomic E-state index is 0.106. The predicted octanol–water partition coefficient (Wildman–Crippen LogP) is 5.10. The molecule has 2 aromatic rings. The van der Waals surface area contributed by atoms with E-state index in [9.17, 15) is 4.79 Å². The van der Waals surface area contributed by atoms with Crippen LogP contribution >= 0.6 is 50.7 Å². The van der Waals surface area contributed by atoms with Crippen LogP contribution in [-0.4, -0.2) is 12.5 Å². The topological polar surface area (TPSA) is 38.3 Å². The molecule has 0 aliphatic carbocycles. The average Bonchev–Trinajstić information content (AvgIpc) is 2.45. The summed E-state index contributed by atoms with van der Waals surface area (Å²) >= 11 is 21.0. The minimum atomic E-state index is -0.257. The highest BCUT2D eigenvalue weighted by atomic mass is 79.9. The second-order valence-corrected chi connectivity index (χ2v) is 6.51. The summed E-state index contributed by atoms with van der Waals surface area (Å²) in [6.45, 7) is 0.200. The van der Waals surface area contributed by atoms with Crippen molar-refractivity contribution in [2.75, 3.05) is 6.61 Å². The molecule has 0 saturated heterocycles. The highest BCUT2D eigenvalue weighted by Gasteiger charge is 2.07. The van der Waals surface area contributed by atoms with E-state index in [4.69, 9.17) is 39.5 Å². The number of halogens is 4. The van der Waals surface area contributed by atoms with Gasteiger partial charge in [-0.05, 0) is 51.8 Å². The summed E-state index contributed by atoms with van der Waals surface area (Å²) in [6.07, 6.45) is 0. The fourth-order valence-electron chi connectivity index (χ4n) is 1.65. The van der Waals surface area contributed by atoms with E-state index >= 15 is 0 Å². The Labute approximate surface area is 151 Å². The average molecular weight is 424 g/mol. The number of ether oxygens (including phenoxy) is 1. The molecule has 0 bridgehead atoms. The second kappa shape index (κ2) is 8.06. The van der Waals surface area contributed by atoms with Crippen LogP contribution in [0.4, 0.5) is 0 Å². The van der Waals surface area contributed by atoms with Crippen molar-refractivity contribution in [1.82, 2.24) is 5.32 Å². The van der Waals surface area contributed by atoms with Gasteiger partial charge in [-0.25, -0.2) is 0 Å². The molecule has 7 heteroatoms. The van der Waals surface area contributed by atoms with E-state index in [1.54, 1.807) is 36.4 Å². The maximum Gasteiger partial charge on any atom is 0.258 e. The molecule has 0 radical (unpaired) electrons. The van der Waals surface area contributed by atoms with Crippen LogP contribution < -0.4 is 10.1 Å². The zero-order valence-corrected chi connectivity index (χ0v) is 15.1. The van der Waals surface area contributed by atoms with E-state index in [1.165, 1.54) is 0 Å². The molecule has 0 aliphatic rings. The number of hydrogen-bond acceptors (Lipinski definition) is 2. The first-order valence-electron chi connectivity index (χ1n) is 6.24. The lowest BCUT2D eigenvalue weighted by Gasteiger charge is -2.10. The smallest absolute Gasteiger partial charge is 0.258 e. The van der Waals surface area contributed by atoms with Gasteiger partial charge in [0.25, 0.3) is 5.91 Å². The molecule has 0 spiro atoms. The van der Waals surface area contributed by atoms with Crippen LogP contribution in [0.25, 0.3) is 0 Å². The van der Waals surface area contributed by atoms with Crippen LogP contribution in [0, 0.1) is 0 Å². The van der Waals surface area contributed by atoms with Crippen LogP contribution in [-0.2, 0) is 11.3 Å². The van der Waals surface area contributed by atoms with Gasteiger partial charge >= 0.3 is 0 Å². The summed E-state index contributed by atoms with van der Waals surface area (Å²) in [5, 5.41) is 4.37. The van der Waals surface area contributed by atoms with Gasteiger partial charge in [-0.15, -0.1) is 0 Å². The zero-order chi connectivity index (χ0) is 16.1. The molecule has 3 nitrogen and oxygen atoms in total. The summed E-state index contributed by atoms with van der Waals surface area (Å²) in [5.74, 6) is 0.289. The maximum atomic E-state index is 11.8. The van der Waals surface area contributed by atoms with Crippen LogP contribution in [0.3, 0.4) is 0 Å². The number of carbonyl (C=O) groups excluding carboxylic acids is 1. The first kappa shape index (κ1) is 17.4. The van der Waals surface area contributed by atoms with Gasteiger partial charge in [0.05, 0.1) is 4.47 Å². The summed E-state index contributed by atoms with van der Waals surface area (Å²) < 4.78 is 6.11. The van der Waals surface area contributed by atoms with Crippen molar-refractivity contribution in [3.63, 3.8) is 0 Å². The summed E-state index contributed by atoms with van der Waals surface area (Å²) in [6, 6.07) is 10.2. The first-order chi connectivity index (χ1) is 10.5. The molecule has 0 aliphatic heterocycles. The molecule has 2 aromatic carbocycles. The molecule has 2 rings (SSSR count). The maximum absolute atomic E-state index is 11.8. The van der Waals surface area contributed by atoms with Crippen molar-refractivity contribution in [3.8, 4) is 5.75 Å². The molecule has 116 valence electrons. The number of benzene rings is 2. The van der Waals surface area contributed by atoms with Crippen molar-refractivity contribution in [2.45, 2.75) is 6.54 Å². The summed E-state index contributed by atoms with van der Waals surface area (Å²) in [5.41, 5.74) is 0.784. The fourth-order valence-corrected chi connectivity index (χ4v) is 2.92. The molecule has 0 fully saturated rings. The molecule has 0 atom stereocenters. The van der Waals surface area contributed by atoms with Crippen LogP contribution in [0.15, 0.2) is 40.9 Å². The van der Waals surface area contributed by atoms with E-state index in [-0.39, 0.29) is 12.5 Å². The lowest BCUT2D eigenvalue weighted by atomic mass is 10.2. The molecule has 0 aromatic heterocycles. The van der Waals surface area contributed by atoms with Gasteiger partial charge < -0.3 is 10.1 Å². The van der Waals surface area contributed by atoms with Crippen molar-refractivity contribution >= 4 is 56.6 Å². The SMILES string of the molecule is O=C(COc1ccc(Cl)cc1Br)NCc1ccc(Cl)cc1Cl. The third-order valence-corrected chi connectivity index (χ3v) is 4.19. The first-order valence-corrected chi connectivity index (χ1v) is 8.17. The fraction of sp³-hybridized carbons (Fsp3) is 0.133. The van der Waals surface area contributed by atoms with E-state index in [2.05, 4.69) is 21.2 Å². The van der Waals surface area contributed by atoms with Crippen LogP contribution in [0.5, 0.6) is 5.75 Å². The highest BCUT2D eigenvalue weighted by Crippen LogP contribution is 2.27. The molecule has 0 unspecified atom stereocenters. The number of carbonyl (C=O) groups is 1. The lowest BCUT2D eigenvalue weighted by Crippen LogP contribution is -2.28. The van der Waals surface area contributed by atoms with E-state index < -0.39 is 0 Å². The third kappa shape index (κ3) is 5.06. The van der Waals surface area contributed by atoms with E-state index in [1.807, 2.05) is 0 Å². The van der Waals surface area contributed by atoms with Crippen molar-refractivity contribution in [1.29, 1.82) is 0 Å². The monoisotopic (exact) mass is 421 g/mol. The number of hydrogen-bond donors (Lipinski definition) is 1. The number of nitrogens with one attached hydrogen (secondary N) is 1. The van der Waals surface area contributed by atoms with Crippen LogP contribution in [0.2, 0.25) is 15.1 Å². The molecule has 1 amide bonds. The van der Waals surface area contributed by atoms with E-state index in [0.717, 1.165) is 5.56 Å². The van der Waals surface area contributed by atoms with Crippen LogP contribution in [0.1, 0.15) is 5.56 Å². The molecule has 0 heterocycles. The van der Waals surface area contributed by atoms with Crippen molar-refractivity contribution in [2.24, 2.45) is 0 Å². The Morgan fingerprint density at radius 2 is 1.77 bits per heavy atom. The molecular weight excluding hydrogens is 412 g/mol. The van der Waals surface area contributed by atoms with Gasteiger partial charge in [0.2, 0.25) is 0 Å². The van der Waals surface area contributed by atoms with Gasteiger partial charge in [-0.3, -0.25) is 4.79 Å². The van der Waals surface area contributed by atoms with E-state index in [0.29, 0.717) is 31.8 Å². The van der Waals surface area contributed by atoms with Crippen molar-refractivity contribution in [3.05, 3.63) is 61.5 Å². The number of amides is 1. The Bertz CT molecular complexity index is 637. The summed E-state index contributed by atoms with van der Waals surface area (Å²) in [4.78, 5) is 11.8. The van der Waals surface area contributed by atoms with Gasteiger partial charge in [-0.1, -0.05) is 40.9 Å². The second-order valence-electron chi connectivity index (χ2n) is 4.38. The van der Waals surface area contributed by atoms with Gasteiger partial charge in [0.15, 0.2) is 6.61 Å². The largest absolute Gasteiger partial charge is 0.483 e. The molecule has 22 heavy (non-hydrogen) atoms. The van der Waals surface area contributed by atoms with Gasteiger partial charge in [-0.2, -0.15) is 0 Å². The van der Waals surface area contributed by atoms with Gasteiger partial charge in [0.1, 0.15) is 5.75 Å². The Hall–Kier alpha value is -0.940. The quantitative estimate of drug-likeness (QED) is 0.726. The highest BCUT2D eigenvalue weighted by molar-refractivity contribution is 9.10. The van der Waals surface area contributed by atoms with Gasteiger partial charge in [0, 0.05) is 21.6 Å². The predicted molar refractivity (Wildman–Crippen MR) is 93.0 cm³/mol. The normalized spacial score (nSPS) is 10.4. The Balaban J connectivity index is 1.85. The zero-order valence-electron chi connectivity index (χ0n) is 11.2. The Morgan fingerprint density at radius 1 is 1.09 bits per heavy atom. The summed E-state index contributed by atoms with van der Waals surface area (Å²) in [7, 11) is 0. The molecule has 0 saturated carbocycles. The Kier molecular flexibility index (Phi) is 6.38. The number of rotatable bonds is 5. The molecule has 1 N–H and O–H groups in total. The molecular formula is C15H11BrCl3NO2. The standard InChI is InChI=1S/C15H11BrCl3NO2/c16-12-5-10(17)3-4-14(12)22-8-15(21)20-7-9-1-2-11(18)6-13(9)19/h1-6H,7-8H2,(H,20,21). The lowest BCUT2D eigenvalue weighted by molar-refractivity contribution is -0.123. The minimum Gasteiger partial charge on any atom is -0.483 e.